The summed E-state index contributed by atoms with van der Waals surface area (Å²) in [5, 5.41) is 0. The molecule has 2 atom stereocenters. The Bertz CT molecular complexity index is 510. The van der Waals surface area contributed by atoms with Crippen LogP contribution in [0.4, 0.5) is 0 Å². The fraction of sp³-hybridized carbons (Fsp3) is 0.778. The van der Waals surface area contributed by atoms with Gasteiger partial charge in [0.15, 0.2) is 0 Å². The highest BCUT2D eigenvalue weighted by Gasteiger charge is 2.49. The molecule has 3 rings (SSSR count). The molecule has 0 aromatic heterocycles. The minimum absolute atomic E-state index is 0.165. The number of rotatable bonds is 3. The van der Waals surface area contributed by atoms with Crippen LogP contribution < -0.4 is 0 Å². The standard InChI is InChI=1S/C18H27NO3/c1-3-13-6-5-8-18(9-7-13)10-11-19(17(18)21)15-12-22-16(20)14(15)4-2/h13H,3-12H2,1-2H3. The predicted molar refractivity (Wildman–Crippen MR) is 83.9 cm³/mol. The van der Waals surface area contributed by atoms with Crippen molar-refractivity contribution >= 4 is 11.9 Å². The van der Waals surface area contributed by atoms with Crippen molar-refractivity contribution in [3.63, 3.8) is 0 Å². The van der Waals surface area contributed by atoms with Crippen molar-refractivity contribution in [2.75, 3.05) is 13.2 Å². The molecule has 0 aromatic rings. The first-order chi connectivity index (χ1) is 10.6. The maximum absolute atomic E-state index is 13.1. The van der Waals surface area contributed by atoms with Crippen LogP contribution in [0.25, 0.3) is 0 Å². The van der Waals surface area contributed by atoms with E-state index in [1.165, 1.54) is 19.3 Å². The van der Waals surface area contributed by atoms with Crippen molar-refractivity contribution in [1.82, 2.24) is 4.90 Å². The van der Waals surface area contributed by atoms with Crippen LogP contribution >= 0.6 is 0 Å². The molecule has 3 aliphatic rings. The first-order valence-corrected chi connectivity index (χ1v) is 8.82. The van der Waals surface area contributed by atoms with E-state index in [2.05, 4.69) is 6.92 Å². The van der Waals surface area contributed by atoms with Crippen LogP contribution in [0.1, 0.15) is 65.2 Å². The number of likely N-dealkylation sites (tertiary alicyclic amines) is 1. The number of nitrogens with zero attached hydrogens (tertiary/aromatic N) is 1. The van der Waals surface area contributed by atoms with Gasteiger partial charge in [-0.2, -0.15) is 0 Å². The second-order valence-electron chi connectivity index (χ2n) is 7.05. The van der Waals surface area contributed by atoms with Crippen LogP contribution in [0.3, 0.4) is 0 Å². The molecule has 1 saturated carbocycles. The second kappa shape index (κ2) is 6.05. The molecule has 0 radical (unpaired) electrons. The Morgan fingerprint density at radius 2 is 2.00 bits per heavy atom. The number of esters is 1. The van der Waals surface area contributed by atoms with E-state index in [9.17, 15) is 9.59 Å². The van der Waals surface area contributed by atoms with Gasteiger partial charge in [0.05, 0.1) is 16.7 Å². The van der Waals surface area contributed by atoms with E-state index in [0.717, 1.165) is 43.8 Å². The number of ether oxygens (including phenoxy) is 1. The van der Waals surface area contributed by atoms with Gasteiger partial charge in [0.25, 0.3) is 0 Å². The third-order valence-corrected chi connectivity index (χ3v) is 6.00. The number of amides is 1. The fourth-order valence-electron chi connectivity index (χ4n) is 4.44. The average molecular weight is 305 g/mol. The molecule has 1 saturated heterocycles. The van der Waals surface area contributed by atoms with E-state index in [1.54, 1.807) is 0 Å². The van der Waals surface area contributed by atoms with Gasteiger partial charge in [0.2, 0.25) is 5.91 Å². The molecule has 0 aromatic carbocycles. The lowest BCUT2D eigenvalue weighted by Crippen LogP contribution is -2.34. The van der Waals surface area contributed by atoms with E-state index in [4.69, 9.17) is 4.74 Å². The molecule has 0 bridgehead atoms. The molecule has 2 heterocycles. The zero-order valence-corrected chi connectivity index (χ0v) is 13.8. The van der Waals surface area contributed by atoms with E-state index in [0.29, 0.717) is 12.0 Å². The van der Waals surface area contributed by atoms with Crippen molar-refractivity contribution in [3.05, 3.63) is 11.3 Å². The molecular weight excluding hydrogens is 278 g/mol. The van der Waals surface area contributed by atoms with E-state index in [1.807, 2.05) is 11.8 Å². The Morgan fingerprint density at radius 3 is 2.73 bits per heavy atom. The summed E-state index contributed by atoms with van der Waals surface area (Å²) < 4.78 is 5.16. The molecule has 22 heavy (non-hydrogen) atoms. The Balaban J connectivity index is 1.80. The summed E-state index contributed by atoms with van der Waals surface area (Å²) in [5.41, 5.74) is 1.37. The third kappa shape index (κ3) is 2.46. The van der Waals surface area contributed by atoms with Crippen LogP contribution in [0, 0.1) is 11.3 Å². The van der Waals surface area contributed by atoms with Crippen molar-refractivity contribution < 1.29 is 14.3 Å². The SMILES string of the molecule is CCC1=C(N2CCC3(CCCC(CC)CC3)C2=O)COC1=O. The summed E-state index contributed by atoms with van der Waals surface area (Å²) in [6, 6.07) is 0. The summed E-state index contributed by atoms with van der Waals surface area (Å²) in [4.78, 5) is 26.7. The molecule has 4 nitrogen and oxygen atoms in total. The number of hydrogen-bond donors (Lipinski definition) is 0. The summed E-state index contributed by atoms with van der Waals surface area (Å²) >= 11 is 0. The van der Waals surface area contributed by atoms with E-state index < -0.39 is 0 Å². The van der Waals surface area contributed by atoms with Gasteiger partial charge in [0, 0.05) is 6.54 Å². The summed E-state index contributed by atoms with van der Waals surface area (Å²) in [6.07, 6.45) is 8.43. The third-order valence-electron chi connectivity index (χ3n) is 6.00. The molecular formula is C18H27NO3. The molecule has 0 N–H and O–H groups in total. The van der Waals surface area contributed by atoms with Gasteiger partial charge in [0.1, 0.15) is 6.61 Å². The summed E-state index contributed by atoms with van der Waals surface area (Å²) in [7, 11) is 0. The Labute approximate surface area is 132 Å². The highest BCUT2D eigenvalue weighted by molar-refractivity contribution is 5.94. The van der Waals surface area contributed by atoms with E-state index in [-0.39, 0.29) is 23.9 Å². The van der Waals surface area contributed by atoms with Crippen molar-refractivity contribution in [3.8, 4) is 0 Å². The maximum atomic E-state index is 13.1. The molecule has 1 spiro atoms. The van der Waals surface area contributed by atoms with Gasteiger partial charge in [-0.3, -0.25) is 4.79 Å². The number of hydrogen-bond acceptors (Lipinski definition) is 3. The first-order valence-electron chi connectivity index (χ1n) is 8.82. The minimum atomic E-state index is -0.238. The Morgan fingerprint density at radius 1 is 1.18 bits per heavy atom. The Kier molecular flexibility index (Phi) is 4.28. The van der Waals surface area contributed by atoms with Crippen molar-refractivity contribution in [2.24, 2.45) is 11.3 Å². The first kappa shape index (κ1) is 15.6. The van der Waals surface area contributed by atoms with Crippen LogP contribution in [0.5, 0.6) is 0 Å². The van der Waals surface area contributed by atoms with Gasteiger partial charge < -0.3 is 9.64 Å². The maximum Gasteiger partial charge on any atom is 0.336 e. The zero-order chi connectivity index (χ0) is 15.7. The van der Waals surface area contributed by atoms with Crippen LogP contribution in [0.15, 0.2) is 11.3 Å². The normalized spacial score (nSPS) is 32.8. The summed E-state index contributed by atoms with van der Waals surface area (Å²) in [5.74, 6) is 0.796. The molecule has 2 aliphatic heterocycles. The smallest absolute Gasteiger partial charge is 0.336 e. The predicted octanol–water partition coefficient (Wildman–Crippen LogP) is 3.42. The monoisotopic (exact) mass is 305 g/mol. The number of carbonyl (C=O) groups is 2. The lowest BCUT2D eigenvalue weighted by atomic mass is 9.78. The van der Waals surface area contributed by atoms with Crippen LogP contribution in [0.2, 0.25) is 0 Å². The molecule has 1 amide bonds. The molecule has 1 aliphatic carbocycles. The van der Waals surface area contributed by atoms with Crippen LogP contribution in [-0.4, -0.2) is 29.9 Å². The molecule has 2 unspecified atom stereocenters. The van der Waals surface area contributed by atoms with Gasteiger partial charge in [-0.25, -0.2) is 4.79 Å². The minimum Gasteiger partial charge on any atom is -0.456 e. The number of carbonyl (C=O) groups excluding carboxylic acids is 2. The van der Waals surface area contributed by atoms with Gasteiger partial charge >= 0.3 is 5.97 Å². The highest BCUT2D eigenvalue weighted by Crippen LogP contribution is 2.47. The fourth-order valence-corrected chi connectivity index (χ4v) is 4.44. The summed E-state index contributed by atoms with van der Waals surface area (Å²) in [6.45, 7) is 5.24. The molecule has 122 valence electrons. The van der Waals surface area contributed by atoms with Crippen molar-refractivity contribution in [2.45, 2.75) is 65.2 Å². The second-order valence-corrected chi connectivity index (χ2v) is 7.05. The lowest BCUT2D eigenvalue weighted by molar-refractivity contribution is -0.138. The van der Waals surface area contributed by atoms with Gasteiger partial charge in [-0.1, -0.05) is 33.1 Å². The lowest BCUT2D eigenvalue weighted by Gasteiger charge is -2.27. The average Bonchev–Trinajstić information content (AvgIpc) is 2.94. The highest BCUT2D eigenvalue weighted by atomic mass is 16.5. The number of cyclic esters (lactones) is 1. The van der Waals surface area contributed by atoms with Gasteiger partial charge in [-0.15, -0.1) is 0 Å². The quantitative estimate of drug-likeness (QED) is 0.751. The topological polar surface area (TPSA) is 46.6 Å². The van der Waals surface area contributed by atoms with Gasteiger partial charge in [-0.05, 0) is 38.0 Å². The Hall–Kier alpha value is -1.32. The molecule has 4 heteroatoms. The molecule has 2 fully saturated rings. The van der Waals surface area contributed by atoms with Crippen molar-refractivity contribution in [1.29, 1.82) is 0 Å². The van der Waals surface area contributed by atoms with Crippen LogP contribution in [-0.2, 0) is 14.3 Å². The zero-order valence-electron chi connectivity index (χ0n) is 13.8. The van der Waals surface area contributed by atoms with E-state index >= 15 is 0 Å². The largest absolute Gasteiger partial charge is 0.456 e.